The average Bonchev–Trinajstić information content (AvgIpc) is 3.14. The Morgan fingerprint density at radius 3 is 2.09 bits per heavy atom. The molecule has 7 atom stereocenters. The minimum Gasteiger partial charge on any atom is -0.481 e. The first-order valence-electron chi connectivity index (χ1n) is 13.1. The number of aliphatic hydroxyl groups is 1. The number of nitrogens with zero attached hydrogens (tertiary/aromatic N) is 1. The number of aliphatic carboxylic acids is 2. The highest BCUT2D eigenvalue weighted by atomic mass is 32.2. The molecule has 198 valence electrons. The smallest absolute Gasteiger partial charge is 0.308 e. The SMILES string of the molecule is C=C(C12CCC(CC1O)C2(C)C)S(=O)(=O)N(C1CCCCC1)C1CCC(C(=O)O)C(C)C1C(=O)O. The van der Waals surface area contributed by atoms with Gasteiger partial charge in [0.15, 0.2) is 0 Å². The number of hydrogen-bond acceptors (Lipinski definition) is 5. The van der Waals surface area contributed by atoms with Crippen molar-refractivity contribution >= 4 is 22.0 Å². The Bertz CT molecular complexity index is 986. The Labute approximate surface area is 208 Å². The minimum absolute atomic E-state index is 0.0187. The van der Waals surface area contributed by atoms with Crippen LogP contribution in [-0.4, -0.2) is 58.2 Å². The molecule has 3 N–H and O–H groups in total. The van der Waals surface area contributed by atoms with E-state index in [9.17, 15) is 33.3 Å². The van der Waals surface area contributed by atoms with Crippen LogP contribution >= 0.6 is 0 Å². The first-order valence-corrected chi connectivity index (χ1v) is 14.6. The maximum absolute atomic E-state index is 14.5. The number of sulfonamides is 1. The lowest BCUT2D eigenvalue weighted by atomic mass is 9.68. The molecule has 4 saturated carbocycles. The van der Waals surface area contributed by atoms with Gasteiger partial charge in [-0.3, -0.25) is 9.59 Å². The Morgan fingerprint density at radius 2 is 1.60 bits per heavy atom. The summed E-state index contributed by atoms with van der Waals surface area (Å²) in [6.45, 7) is 9.80. The fraction of sp³-hybridized carbons (Fsp3) is 0.846. The maximum Gasteiger partial charge on any atom is 0.308 e. The van der Waals surface area contributed by atoms with Crippen molar-refractivity contribution in [1.82, 2.24) is 4.31 Å². The fourth-order valence-corrected chi connectivity index (χ4v) is 10.8. The average molecular weight is 512 g/mol. The summed E-state index contributed by atoms with van der Waals surface area (Å²) in [5.41, 5.74) is -1.40. The van der Waals surface area contributed by atoms with Crippen LogP contribution in [0.15, 0.2) is 11.5 Å². The molecule has 0 aromatic heterocycles. The third-order valence-electron chi connectivity index (χ3n) is 10.5. The second kappa shape index (κ2) is 9.14. The van der Waals surface area contributed by atoms with Gasteiger partial charge in [-0.05, 0) is 62.2 Å². The number of rotatable bonds is 7. The predicted molar refractivity (Wildman–Crippen MR) is 131 cm³/mol. The van der Waals surface area contributed by atoms with E-state index >= 15 is 0 Å². The highest BCUT2D eigenvalue weighted by Gasteiger charge is 2.68. The standard InChI is InChI=1S/C26H41NO7S/c1-15-19(23(29)30)10-11-20(22(15)24(31)32)27(18-8-6-5-7-9-18)35(33,34)16(2)26-13-12-17(14-21(26)28)25(26,3)4/h15,17-22,28H,2,5-14H2,1,3-4H3,(H,29,30)(H,31,32). The molecule has 0 aliphatic heterocycles. The van der Waals surface area contributed by atoms with Crippen molar-refractivity contribution in [2.75, 3.05) is 0 Å². The lowest BCUT2D eigenvalue weighted by Gasteiger charge is -2.49. The third-order valence-corrected chi connectivity index (χ3v) is 12.6. The molecule has 35 heavy (non-hydrogen) atoms. The Kier molecular flexibility index (Phi) is 6.95. The van der Waals surface area contributed by atoms with E-state index in [-0.39, 0.29) is 29.7 Å². The molecule has 4 rings (SSSR count). The summed E-state index contributed by atoms with van der Waals surface area (Å²) in [6, 6.07) is -1.18. The van der Waals surface area contributed by atoms with Crippen LogP contribution in [0, 0.1) is 34.5 Å². The van der Waals surface area contributed by atoms with Crippen LogP contribution in [0.3, 0.4) is 0 Å². The number of carboxylic acid groups (broad SMARTS) is 2. The van der Waals surface area contributed by atoms with E-state index < -0.39 is 62.7 Å². The van der Waals surface area contributed by atoms with Gasteiger partial charge in [-0.25, -0.2) is 8.42 Å². The van der Waals surface area contributed by atoms with Crippen molar-refractivity contribution in [2.24, 2.45) is 34.5 Å². The normalized spacial score (nSPS) is 39.6. The van der Waals surface area contributed by atoms with Crippen LogP contribution in [0.4, 0.5) is 0 Å². The number of carbonyl (C=O) groups is 2. The molecule has 2 bridgehead atoms. The van der Waals surface area contributed by atoms with E-state index in [2.05, 4.69) is 6.58 Å². The molecule has 8 nitrogen and oxygen atoms in total. The molecule has 4 aliphatic carbocycles. The van der Waals surface area contributed by atoms with E-state index in [1.807, 2.05) is 13.8 Å². The van der Waals surface area contributed by atoms with Crippen LogP contribution in [0.2, 0.25) is 0 Å². The van der Waals surface area contributed by atoms with Crippen molar-refractivity contribution < 1.29 is 33.3 Å². The Balaban J connectivity index is 1.79. The summed E-state index contributed by atoms with van der Waals surface area (Å²) in [5.74, 6) is -4.63. The topological polar surface area (TPSA) is 132 Å². The number of fused-ring (bicyclic) bond motifs is 2. The van der Waals surface area contributed by atoms with Crippen molar-refractivity contribution in [3.8, 4) is 0 Å². The molecular formula is C26H41NO7S. The molecule has 0 spiro atoms. The van der Waals surface area contributed by atoms with Crippen molar-refractivity contribution in [2.45, 2.75) is 103 Å². The van der Waals surface area contributed by atoms with Crippen molar-refractivity contribution in [1.29, 1.82) is 0 Å². The number of aliphatic hydroxyl groups excluding tert-OH is 1. The van der Waals surface area contributed by atoms with Crippen molar-refractivity contribution in [3.05, 3.63) is 11.5 Å². The van der Waals surface area contributed by atoms with Crippen molar-refractivity contribution in [3.63, 3.8) is 0 Å². The predicted octanol–water partition coefficient (Wildman–Crippen LogP) is 3.85. The van der Waals surface area contributed by atoms with Gasteiger partial charge in [0.1, 0.15) is 0 Å². The largest absolute Gasteiger partial charge is 0.481 e. The molecular weight excluding hydrogens is 470 g/mol. The summed E-state index contributed by atoms with van der Waals surface area (Å²) in [6.07, 6.45) is 5.57. The molecule has 0 amide bonds. The second-order valence-electron chi connectivity index (χ2n) is 12.0. The van der Waals surface area contributed by atoms with E-state index in [1.54, 1.807) is 6.92 Å². The first kappa shape index (κ1) is 26.6. The quantitative estimate of drug-likeness (QED) is 0.473. The lowest BCUT2D eigenvalue weighted by Crippen LogP contribution is -2.58. The van der Waals surface area contributed by atoms with E-state index in [1.165, 1.54) is 4.31 Å². The van der Waals surface area contributed by atoms with E-state index in [0.29, 0.717) is 25.7 Å². The maximum atomic E-state index is 14.5. The Hall–Kier alpha value is -1.45. The second-order valence-corrected chi connectivity index (χ2v) is 13.9. The van der Waals surface area contributed by atoms with Crippen LogP contribution in [0.5, 0.6) is 0 Å². The summed E-state index contributed by atoms with van der Waals surface area (Å²) < 4.78 is 30.5. The van der Waals surface area contributed by atoms with Gasteiger partial charge < -0.3 is 15.3 Å². The summed E-state index contributed by atoms with van der Waals surface area (Å²) in [4.78, 5) is 24.3. The summed E-state index contributed by atoms with van der Waals surface area (Å²) in [7, 11) is -4.19. The molecule has 0 aromatic carbocycles. The zero-order chi connectivity index (χ0) is 25.9. The molecule has 0 saturated heterocycles. The van der Waals surface area contributed by atoms with Crippen LogP contribution < -0.4 is 0 Å². The summed E-state index contributed by atoms with van der Waals surface area (Å²) >= 11 is 0. The van der Waals surface area contributed by atoms with Crippen LogP contribution in [0.25, 0.3) is 0 Å². The molecule has 4 aliphatic rings. The zero-order valence-electron chi connectivity index (χ0n) is 21.1. The van der Waals surface area contributed by atoms with Crippen LogP contribution in [0.1, 0.15) is 85.0 Å². The van der Waals surface area contributed by atoms with Gasteiger partial charge in [0, 0.05) is 17.5 Å². The Morgan fingerprint density at radius 1 is 0.971 bits per heavy atom. The highest BCUT2D eigenvalue weighted by molar-refractivity contribution is 7.93. The van der Waals surface area contributed by atoms with Gasteiger partial charge in [-0.15, -0.1) is 0 Å². The van der Waals surface area contributed by atoms with E-state index in [0.717, 1.165) is 25.7 Å². The summed E-state index contributed by atoms with van der Waals surface area (Å²) in [5, 5.41) is 31.0. The fourth-order valence-electron chi connectivity index (χ4n) is 8.37. The van der Waals surface area contributed by atoms with Gasteiger partial charge in [0.2, 0.25) is 10.0 Å². The van der Waals surface area contributed by atoms with Gasteiger partial charge >= 0.3 is 11.9 Å². The van der Waals surface area contributed by atoms with Gasteiger partial charge in [-0.2, -0.15) is 4.31 Å². The van der Waals surface area contributed by atoms with E-state index in [4.69, 9.17) is 0 Å². The molecule has 0 aromatic rings. The van der Waals surface area contributed by atoms with Gasteiger partial charge in [-0.1, -0.05) is 46.6 Å². The minimum atomic E-state index is -4.19. The highest BCUT2D eigenvalue weighted by Crippen LogP contribution is 2.69. The zero-order valence-corrected chi connectivity index (χ0v) is 22.0. The third kappa shape index (κ3) is 3.87. The molecule has 0 radical (unpaired) electrons. The molecule has 0 heterocycles. The number of hydrogen-bond donors (Lipinski definition) is 3. The van der Waals surface area contributed by atoms with Gasteiger partial charge in [0.25, 0.3) is 0 Å². The first-order chi connectivity index (χ1) is 16.3. The monoisotopic (exact) mass is 511 g/mol. The molecule has 7 unspecified atom stereocenters. The van der Waals surface area contributed by atoms with Gasteiger partial charge in [0.05, 0.1) is 22.8 Å². The number of carboxylic acids is 2. The van der Waals surface area contributed by atoms with Crippen LogP contribution in [-0.2, 0) is 19.6 Å². The lowest BCUT2D eigenvalue weighted by molar-refractivity contribution is -0.154. The molecule has 9 heteroatoms. The molecule has 4 fully saturated rings.